The number of urea groups is 1. The number of benzene rings is 7. The molecule has 17 heteroatoms. The van der Waals surface area contributed by atoms with Crippen LogP contribution in [-0.4, -0.2) is 49.4 Å². The summed E-state index contributed by atoms with van der Waals surface area (Å²) in [6, 6.07) is 49.7. The lowest BCUT2D eigenvalue weighted by molar-refractivity contribution is 0.215. The van der Waals surface area contributed by atoms with Gasteiger partial charge in [-0.25, -0.2) is 26.4 Å². The predicted molar refractivity (Wildman–Crippen MR) is 274 cm³/mol. The number of amides is 3. The molecular formula is C54H50N8O7S2. The molecule has 0 bridgehead atoms. The van der Waals surface area contributed by atoms with Gasteiger partial charge in [0.15, 0.2) is 0 Å². The molecular weight excluding hydrogens is 937 g/mol. The molecule has 2 heterocycles. The first-order chi connectivity index (χ1) is 34.3. The van der Waals surface area contributed by atoms with Crippen molar-refractivity contribution in [3.63, 3.8) is 0 Å². The Balaban J connectivity index is 0.000000183. The monoisotopic (exact) mass is 986 g/mol. The first-order valence-electron chi connectivity index (χ1n) is 22.1. The molecule has 0 spiro atoms. The highest BCUT2D eigenvalue weighted by Gasteiger charge is 2.24. The van der Waals surface area contributed by atoms with Crippen LogP contribution in [0.2, 0.25) is 0 Å². The van der Waals surface area contributed by atoms with Crippen molar-refractivity contribution in [2.24, 2.45) is 5.73 Å². The summed E-state index contributed by atoms with van der Waals surface area (Å²) >= 11 is 0. The average molecular weight is 987 g/mol. The Bertz CT molecular complexity index is 3410. The molecule has 7 N–H and O–H groups in total. The Hall–Kier alpha value is -8.64. The molecule has 0 saturated heterocycles. The average Bonchev–Trinajstić information content (AvgIpc) is 4.13. The number of H-pyrrole nitrogens is 2. The first kappa shape index (κ1) is 50.2. The smallest absolute Gasteiger partial charge is 0.410 e. The second-order valence-electron chi connectivity index (χ2n) is 15.7. The largest absolute Gasteiger partial charge is 0.417 e. The number of hydrogen-bond acceptors (Lipinski definition) is 10. The Labute approximate surface area is 412 Å². The SMILES string of the molecule is Cc1ccccc1-c1ccccc1S(=O)(=O)c1ccc(NC(=O)NCc2cn[nH]c2)cc1.Cc1ccccc1-c1ccccc1S(=O)(=O)c1ccc(NC(=O)Oc2ccccc2)cc1.NCc1cn[nH]c1. The minimum absolute atomic E-state index is 0.139. The van der Waals surface area contributed by atoms with E-state index in [4.69, 9.17) is 10.5 Å². The zero-order valence-corrected chi connectivity index (χ0v) is 40.2. The molecule has 0 saturated carbocycles. The van der Waals surface area contributed by atoms with Gasteiger partial charge in [0.2, 0.25) is 19.7 Å². The summed E-state index contributed by atoms with van der Waals surface area (Å²) in [4.78, 5) is 24.9. The number of aryl methyl sites for hydroxylation is 2. The third-order valence-corrected chi connectivity index (χ3v) is 14.5. The number of aromatic nitrogens is 4. The summed E-state index contributed by atoms with van der Waals surface area (Å²) in [5.41, 5.74) is 13.1. The van der Waals surface area contributed by atoms with Crippen LogP contribution in [0.15, 0.2) is 220 Å². The number of aromatic amines is 2. The minimum atomic E-state index is -3.77. The van der Waals surface area contributed by atoms with Gasteiger partial charge in [-0.1, -0.05) is 103 Å². The molecule has 15 nitrogen and oxygen atoms in total. The first-order valence-corrected chi connectivity index (χ1v) is 25.0. The molecule has 7 aromatic carbocycles. The topological polar surface area (TPSA) is 231 Å². The summed E-state index contributed by atoms with van der Waals surface area (Å²) in [6.07, 6.45) is 6.14. The number of nitrogens with zero attached hydrogens (tertiary/aromatic N) is 2. The van der Waals surface area contributed by atoms with Crippen LogP contribution in [-0.2, 0) is 32.8 Å². The summed E-state index contributed by atoms with van der Waals surface area (Å²) < 4.78 is 58.8. The van der Waals surface area contributed by atoms with E-state index in [1.807, 2.05) is 92.7 Å². The van der Waals surface area contributed by atoms with Crippen LogP contribution >= 0.6 is 0 Å². The van der Waals surface area contributed by atoms with Crippen molar-refractivity contribution in [2.45, 2.75) is 46.5 Å². The lowest BCUT2D eigenvalue weighted by Gasteiger charge is -2.13. The van der Waals surface area contributed by atoms with Crippen molar-refractivity contribution in [3.8, 4) is 28.0 Å². The molecule has 0 atom stereocenters. The van der Waals surface area contributed by atoms with Crippen LogP contribution in [0, 0.1) is 13.8 Å². The van der Waals surface area contributed by atoms with E-state index in [1.54, 1.807) is 85.5 Å². The van der Waals surface area contributed by atoms with Gasteiger partial charge < -0.3 is 21.1 Å². The highest BCUT2D eigenvalue weighted by molar-refractivity contribution is 7.92. The number of carbonyl (C=O) groups excluding carboxylic acids is 2. The van der Waals surface area contributed by atoms with Crippen LogP contribution in [0.3, 0.4) is 0 Å². The highest BCUT2D eigenvalue weighted by atomic mass is 32.2. The maximum absolute atomic E-state index is 13.4. The normalized spacial score (nSPS) is 10.9. The number of sulfone groups is 2. The quantitative estimate of drug-likeness (QED) is 0.0678. The number of ether oxygens (including phenoxy) is 1. The number of rotatable bonds is 12. The number of nitrogens with two attached hydrogens (primary N) is 1. The fourth-order valence-corrected chi connectivity index (χ4v) is 10.1. The van der Waals surface area contributed by atoms with Crippen LogP contribution in [0.1, 0.15) is 22.3 Å². The van der Waals surface area contributed by atoms with Gasteiger partial charge in [-0.2, -0.15) is 10.2 Å². The van der Waals surface area contributed by atoms with Crippen molar-refractivity contribution in [1.29, 1.82) is 0 Å². The molecule has 0 aliphatic carbocycles. The Morgan fingerprint density at radius 3 is 1.38 bits per heavy atom. The molecule has 9 aromatic rings. The van der Waals surface area contributed by atoms with Crippen molar-refractivity contribution in [1.82, 2.24) is 25.7 Å². The van der Waals surface area contributed by atoms with E-state index in [9.17, 15) is 26.4 Å². The maximum atomic E-state index is 13.4. The molecule has 71 heavy (non-hydrogen) atoms. The van der Waals surface area contributed by atoms with Crippen molar-refractivity contribution >= 4 is 43.2 Å². The van der Waals surface area contributed by atoms with Crippen LogP contribution < -0.4 is 26.4 Å². The fourth-order valence-electron chi connectivity index (χ4n) is 7.15. The molecule has 360 valence electrons. The second-order valence-corrected chi connectivity index (χ2v) is 19.6. The van der Waals surface area contributed by atoms with Gasteiger partial charge in [0, 0.05) is 59.1 Å². The van der Waals surface area contributed by atoms with Gasteiger partial charge >= 0.3 is 12.1 Å². The van der Waals surface area contributed by atoms with Gasteiger partial charge in [0.1, 0.15) is 5.75 Å². The fraction of sp³-hybridized carbons (Fsp3) is 0.0741. The van der Waals surface area contributed by atoms with Gasteiger partial charge in [0.05, 0.1) is 32.0 Å². The van der Waals surface area contributed by atoms with Crippen molar-refractivity contribution in [2.75, 3.05) is 10.6 Å². The standard InChI is InChI=1S/C26H21NO4S.C24H22N4O3S.C4H7N3/c1-19-9-5-6-12-23(19)24-13-7-8-14-25(24)32(29,30)22-17-15-20(16-18-22)27-26(28)31-21-10-3-2-4-11-21;1-17-6-2-3-7-21(17)22-8-4-5-9-23(22)32(30,31)20-12-10-19(11-13-20)28-24(29)25-14-18-15-26-27-16-18;5-1-4-2-6-7-3-4/h2-18H,1H3,(H,27,28);2-13,15-16H,14H2,1H3,(H,26,27)(H2,25,28,29);2-3H,1,5H2,(H,6,7). The van der Waals surface area contributed by atoms with Gasteiger partial charge in [-0.05, 0) is 109 Å². The predicted octanol–water partition coefficient (Wildman–Crippen LogP) is 10.5. The summed E-state index contributed by atoms with van der Waals surface area (Å²) in [5, 5.41) is 20.8. The van der Waals surface area contributed by atoms with Gasteiger partial charge in [0.25, 0.3) is 0 Å². The van der Waals surface area contributed by atoms with E-state index in [0.717, 1.165) is 33.4 Å². The Morgan fingerprint density at radius 2 is 0.944 bits per heavy atom. The van der Waals surface area contributed by atoms with Crippen molar-refractivity contribution < 1.29 is 31.2 Å². The number of anilines is 2. The highest BCUT2D eigenvalue weighted by Crippen LogP contribution is 2.35. The molecule has 9 rings (SSSR count). The number of nitrogens with one attached hydrogen (secondary N) is 5. The zero-order chi connectivity index (χ0) is 50.2. The molecule has 0 radical (unpaired) electrons. The molecule has 0 aliphatic rings. The molecule has 0 fully saturated rings. The van der Waals surface area contributed by atoms with Crippen LogP contribution in [0.25, 0.3) is 22.3 Å². The number of para-hydroxylation sites is 1. The lowest BCUT2D eigenvalue weighted by Crippen LogP contribution is -2.28. The minimum Gasteiger partial charge on any atom is -0.410 e. The second kappa shape index (κ2) is 23.6. The third kappa shape index (κ3) is 13.1. The lowest BCUT2D eigenvalue weighted by atomic mass is 10.0. The van der Waals surface area contributed by atoms with E-state index in [-0.39, 0.29) is 19.6 Å². The zero-order valence-electron chi connectivity index (χ0n) is 38.6. The van der Waals surface area contributed by atoms with Crippen LogP contribution in [0.4, 0.5) is 21.0 Å². The van der Waals surface area contributed by atoms with E-state index >= 15 is 0 Å². The van der Waals surface area contributed by atoms with E-state index in [0.29, 0.717) is 41.3 Å². The summed E-state index contributed by atoms with van der Waals surface area (Å²) in [7, 11) is -7.53. The maximum Gasteiger partial charge on any atom is 0.417 e. The number of carbonyl (C=O) groups is 2. The Morgan fingerprint density at radius 1 is 0.521 bits per heavy atom. The molecule has 2 aromatic heterocycles. The van der Waals surface area contributed by atoms with Crippen LogP contribution in [0.5, 0.6) is 5.75 Å². The molecule has 0 unspecified atom stereocenters. The van der Waals surface area contributed by atoms with Gasteiger partial charge in [-0.3, -0.25) is 15.5 Å². The van der Waals surface area contributed by atoms with E-state index in [2.05, 4.69) is 36.3 Å². The third-order valence-electron chi connectivity index (χ3n) is 10.8. The van der Waals surface area contributed by atoms with Gasteiger partial charge in [-0.15, -0.1) is 0 Å². The van der Waals surface area contributed by atoms with E-state index < -0.39 is 31.8 Å². The summed E-state index contributed by atoms with van der Waals surface area (Å²) in [6.45, 7) is 4.80. The number of hydrogen-bond donors (Lipinski definition) is 6. The molecule has 0 aliphatic heterocycles. The molecule has 3 amide bonds. The summed E-state index contributed by atoms with van der Waals surface area (Å²) in [5.74, 6) is 0.414. The van der Waals surface area contributed by atoms with E-state index in [1.165, 1.54) is 36.4 Å². The Kier molecular flexibility index (Phi) is 16.7. The van der Waals surface area contributed by atoms with Crippen molar-refractivity contribution in [3.05, 3.63) is 223 Å².